The molecule has 3 saturated carbocycles. The van der Waals surface area contributed by atoms with E-state index in [1.54, 1.807) is 5.57 Å². The van der Waals surface area contributed by atoms with Crippen LogP contribution < -0.4 is 11.1 Å². The minimum atomic E-state index is -0.139. The van der Waals surface area contributed by atoms with Gasteiger partial charge in [0.05, 0.1) is 0 Å². The predicted molar refractivity (Wildman–Crippen MR) is 199 cm³/mol. The number of carbonyl (C=O) groups excluding carboxylic acids is 1. The van der Waals surface area contributed by atoms with Gasteiger partial charge in [-0.2, -0.15) is 0 Å². The maximum atomic E-state index is 13.5. The lowest BCUT2D eigenvalue weighted by Crippen LogP contribution is -2.51. The van der Waals surface area contributed by atoms with Crippen LogP contribution in [0.4, 0.5) is 4.79 Å². The second-order valence-corrected chi connectivity index (χ2v) is 16.7. The molecule has 0 saturated heterocycles. The van der Waals surface area contributed by atoms with Gasteiger partial charge in [-0.3, -0.25) is 0 Å². The number of nitrogens with one attached hydrogen (secondary N) is 1. The molecule has 1 amide bonds. The highest BCUT2D eigenvalue weighted by Gasteiger charge is 2.59. The van der Waals surface area contributed by atoms with Crippen LogP contribution >= 0.6 is 0 Å². The molecule has 0 aromatic carbocycles. The maximum Gasteiger partial charge on any atom is 0.410 e. The Kier molecular flexibility index (Phi) is 14.5. The summed E-state index contributed by atoms with van der Waals surface area (Å²) in [6, 6.07) is 0. The molecule has 0 aromatic rings. The van der Waals surface area contributed by atoms with Crippen molar-refractivity contribution in [2.45, 2.75) is 131 Å². The van der Waals surface area contributed by atoms with E-state index in [2.05, 4.69) is 76.8 Å². The summed E-state index contributed by atoms with van der Waals surface area (Å²) < 4.78 is 6.28. The van der Waals surface area contributed by atoms with Gasteiger partial charge in [0.1, 0.15) is 6.10 Å². The summed E-state index contributed by atoms with van der Waals surface area (Å²) in [6.45, 7) is 23.2. The van der Waals surface area contributed by atoms with E-state index in [1.165, 1.54) is 38.5 Å². The van der Waals surface area contributed by atoms with Crippen LogP contribution in [0.15, 0.2) is 28.8 Å². The number of nitrogens with zero attached hydrogens (tertiary/aromatic N) is 2. The van der Waals surface area contributed by atoms with E-state index in [0.29, 0.717) is 30.3 Å². The minimum absolute atomic E-state index is 0.00789. The second-order valence-electron chi connectivity index (χ2n) is 16.7. The molecule has 4 aliphatic rings. The van der Waals surface area contributed by atoms with Gasteiger partial charge in [-0.15, -0.1) is 0 Å². The Morgan fingerprint density at radius 2 is 1.83 bits per heavy atom. The number of unbranched alkanes of at least 4 members (excludes halogenated alkanes) is 1. The SMILES string of the molecule is C=NCCCN(CCCCNCCCN)C(=O)O[C@H]1CC[C@@]2(C)C(=CCC3[C@@H]4CC[C@H]([C@H](C)/C=C/C(CC)C(C)C)[C@@]4(C)CC[C@@H]32)C1. The van der Waals surface area contributed by atoms with Crippen LogP contribution in [0.25, 0.3) is 0 Å². The molecular formula is C41H72N4O2. The van der Waals surface area contributed by atoms with Crippen LogP contribution in [-0.2, 0) is 4.74 Å². The van der Waals surface area contributed by atoms with Gasteiger partial charge in [-0.25, -0.2) is 4.79 Å². The van der Waals surface area contributed by atoms with Crippen molar-refractivity contribution in [1.29, 1.82) is 0 Å². The van der Waals surface area contributed by atoms with Crippen molar-refractivity contribution >= 4 is 12.8 Å². The second kappa shape index (κ2) is 17.8. The molecule has 47 heavy (non-hydrogen) atoms. The van der Waals surface area contributed by atoms with E-state index in [1.807, 2.05) is 4.90 Å². The summed E-state index contributed by atoms with van der Waals surface area (Å²) in [5, 5.41) is 3.45. The van der Waals surface area contributed by atoms with E-state index >= 15 is 0 Å². The van der Waals surface area contributed by atoms with Crippen molar-refractivity contribution in [1.82, 2.24) is 10.2 Å². The Bertz CT molecular complexity index is 1060. The number of hydrogen-bond acceptors (Lipinski definition) is 5. The van der Waals surface area contributed by atoms with E-state index in [0.717, 1.165) is 101 Å². The van der Waals surface area contributed by atoms with Gasteiger partial charge in [-0.05, 0) is 156 Å². The molecule has 6 nitrogen and oxygen atoms in total. The van der Waals surface area contributed by atoms with E-state index in [-0.39, 0.29) is 17.6 Å². The van der Waals surface area contributed by atoms with Crippen LogP contribution in [0.2, 0.25) is 0 Å². The van der Waals surface area contributed by atoms with Crippen molar-refractivity contribution in [3.63, 3.8) is 0 Å². The quantitative estimate of drug-likeness (QED) is 0.0880. The predicted octanol–water partition coefficient (Wildman–Crippen LogP) is 9.06. The third-order valence-corrected chi connectivity index (χ3v) is 13.6. The first-order valence-electron chi connectivity index (χ1n) is 19.8. The minimum Gasteiger partial charge on any atom is -0.446 e. The maximum absolute atomic E-state index is 13.5. The molecule has 0 aliphatic heterocycles. The number of hydrogen-bond donors (Lipinski definition) is 2. The van der Waals surface area contributed by atoms with Crippen LogP contribution in [0.5, 0.6) is 0 Å². The van der Waals surface area contributed by atoms with Crippen molar-refractivity contribution in [3.8, 4) is 0 Å². The van der Waals surface area contributed by atoms with Crippen LogP contribution in [0.1, 0.15) is 125 Å². The number of rotatable bonds is 18. The topological polar surface area (TPSA) is 80.0 Å². The average molecular weight is 653 g/mol. The molecule has 0 aromatic heterocycles. The molecule has 9 atom stereocenters. The average Bonchev–Trinajstić information content (AvgIpc) is 3.41. The fourth-order valence-electron chi connectivity index (χ4n) is 10.7. The number of ether oxygens (including phenoxy) is 1. The smallest absolute Gasteiger partial charge is 0.410 e. The molecule has 3 fully saturated rings. The molecule has 4 rings (SSSR count). The van der Waals surface area contributed by atoms with E-state index in [4.69, 9.17) is 10.5 Å². The van der Waals surface area contributed by atoms with Crippen molar-refractivity contribution in [2.24, 2.45) is 63.0 Å². The van der Waals surface area contributed by atoms with Crippen molar-refractivity contribution in [2.75, 3.05) is 39.3 Å². The fraction of sp³-hybridized carbons (Fsp3) is 0.854. The summed E-state index contributed by atoms with van der Waals surface area (Å²) >= 11 is 0. The van der Waals surface area contributed by atoms with Gasteiger partial charge >= 0.3 is 6.09 Å². The molecule has 0 radical (unpaired) electrons. The number of fused-ring (bicyclic) bond motifs is 5. The summed E-state index contributed by atoms with van der Waals surface area (Å²) in [5.41, 5.74) is 7.90. The molecule has 268 valence electrons. The largest absolute Gasteiger partial charge is 0.446 e. The van der Waals surface area contributed by atoms with Gasteiger partial charge < -0.3 is 25.7 Å². The fourth-order valence-corrected chi connectivity index (χ4v) is 10.7. The Morgan fingerprint density at radius 1 is 1.06 bits per heavy atom. The van der Waals surface area contributed by atoms with Crippen molar-refractivity contribution < 1.29 is 9.53 Å². The summed E-state index contributed by atoms with van der Waals surface area (Å²) in [4.78, 5) is 19.4. The third kappa shape index (κ3) is 9.12. The Morgan fingerprint density at radius 3 is 2.55 bits per heavy atom. The standard InChI is InChI=1S/C41H72N4O2/c1-8-32(30(2)3)14-13-31(4)36-17-18-37-35-16-15-33-29-34(19-21-40(33,5)38(35)20-22-41(36,37)6)47-39(46)45(28-12-24-43-7)27-10-9-25-44-26-11-23-42/h13-15,30-32,34-38,44H,7-12,16-29,42H2,1-6H3/b14-13+/t31-,32?,34+,35?,36-,37+,38+,40+,41-/m1/s1. The zero-order valence-electron chi connectivity index (χ0n) is 31.3. The first-order valence-corrected chi connectivity index (χ1v) is 19.8. The van der Waals surface area contributed by atoms with Gasteiger partial charge in [0.25, 0.3) is 0 Å². The first-order chi connectivity index (χ1) is 22.6. The number of aliphatic imine (C=N–C) groups is 1. The lowest BCUT2D eigenvalue weighted by Gasteiger charge is -2.58. The summed E-state index contributed by atoms with van der Waals surface area (Å²) in [6.07, 6.45) is 22.5. The number of carbonyl (C=O) groups is 1. The van der Waals surface area contributed by atoms with Crippen LogP contribution in [0.3, 0.4) is 0 Å². The van der Waals surface area contributed by atoms with Gasteiger partial charge in [0.15, 0.2) is 0 Å². The molecule has 6 heteroatoms. The number of amides is 1. The lowest BCUT2D eigenvalue weighted by atomic mass is 9.47. The highest BCUT2D eigenvalue weighted by atomic mass is 16.6. The van der Waals surface area contributed by atoms with Crippen LogP contribution in [0, 0.1) is 52.3 Å². The van der Waals surface area contributed by atoms with E-state index < -0.39 is 0 Å². The number of nitrogens with two attached hydrogens (primary N) is 1. The summed E-state index contributed by atoms with van der Waals surface area (Å²) in [7, 11) is 0. The Balaban J connectivity index is 1.35. The highest BCUT2D eigenvalue weighted by Crippen LogP contribution is 2.67. The molecule has 0 heterocycles. The monoisotopic (exact) mass is 653 g/mol. The molecule has 2 unspecified atom stereocenters. The third-order valence-electron chi connectivity index (χ3n) is 13.6. The molecule has 4 aliphatic carbocycles. The number of allylic oxidation sites excluding steroid dienone is 3. The van der Waals surface area contributed by atoms with Gasteiger partial charge in [-0.1, -0.05) is 65.3 Å². The lowest BCUT2D eigenvalue weighted by molar-refractivity contribution is -0.0563. The highest BCUT2D eigenvalue weighted by molar-refractivity contribution is 5.67. The van der Waals surface area contributed by atoms with E-state index in [9.17, 15) is 4.79 Å². The first kappa shape index (κ1) is 38.1. The van der Waals surface area contributed by atoms with Crippen LogP contribution in [-0.4, -0.2) is 63.1 Å². The zero-order valence-corrected chi connectivity index (χ0v) is 31.3. The molecule has 3 N–H and O–H groups in total. The molecule has 0 spiro atoms. The summed E-state index contributed by atoms with van der Waals surface area (Å²) in [5.74, 6) is 5.31. The Hall–Kier alpha value is -1.66. The van der Waals surface area contributed by atoms with Gasteiger partial charge in [0.2, 0.25) is 0 Å². The Labute approximate surface area is 289 Å². The molecule has 0 bridgehead atoms. The normalized spacial score (nSPS) is 33.1. The molecular weight excluding hydrogens is 580 g/mol. The van der Waals surface area contributed by atoms with Gasteiger partial charge in [0, 0.05) is 26.1 Å². The van der Waals surface area contributed by atoms with Crippen molar-refractivity contribution in [3.05, 3.63) is 23.8 Å². The zero-order chi connectivity index (χ0) is 34.0.